The van der Waals surface area contributed by atoms with Crippen molar-refractivity contribution in [3.8, 4) is 17.2 Å². The SMILES string of the molecule is CCCCC(CCC)NCc1ccc(O)c(O)c1O. The standard InChI is InChI=1S/C15H25NO3/c1-3-5-7-12(6-4-2)16-10-11-8-9-13(17)15(19)14(11)18/h8-9,12,16-19H,3-7,10H2,1-2H3. The van der Waals surface area contributed by atoms with Gasteiger partial charge in [-0.3, -0.25) is 0 Å². The number of phenolic OH excluding ortho intramolecular Hbond substituents is 3. The Kier molecular flexibility index (Phi) is 6.50. The first-order valence-electron chi connectivity index (χ1n) is 7.06. The number of hydrogen-bond donors (Lipinski definition) is 4. The highest BCUT2D eigenvalue weighted by Gasteiger charge is 2.12. The van der Waals surface area contributed by atoms with Gasteiger partial charge in [0.15, 0.2) is 11.5 Å². The van der Waals surface area contributed by atoms with Gasteiger partial charge in [-0.05, 0) is 18.9 Å². The molecular formula is C15H25NO3. The van der Waals surface area contributed by atoms with Crippen molar-refractivity contribution in [2.75, 3.05) is 0 Å². The fraction of sp³-hybridized carbons (Fsp3) is 0.600. The van der Waals surface area contributed by atoms with Gasteiger partial charge < -0.3 is 20.6 Å². The molecule has 0 heterocycles. The smallest absolute Gasteiger partial charge is 0.200 e. The molecule has 0 bridgehead atoms. The Morgan fingerprint density at radius 3 is 2.37 bits per heavy atom. The van der Waals surface area contributed by atoms with E-state index in [0.717, 1.165) is 19.3 Å². The van der Waals surface area contributed by atoms with E-state index in [1.54, 1.807) is 6.07 Å². The van der Waals surface area contributed by atoms with Crippen LogP contribution in [0.2, 0.25) is 0 Å². The van der Waals surface area contributed by atoms with Crippen molar-refractivity contribution >= 4 is 0 Å². The molecule has 4 heteroatoms. The van der Waals surface area contributed by atoms with Gasteiger partial charge in [0.2, 0.25) is 5.75 Å². The maximum atomic E-state index is 9.75. The van der Waals surface area contributed by atoms with Crippen LogP contribution in [0.15, 0.2) is 12.1 Å². The van der Waals surface area contributed by atoms with Crippen LogP contribution in [0.1, 0.15) is 51.5 Å². The molecule has 0 aromatic heterocycles. The van der Waals surface area contributed by atoms with Crippen LogP contribution < -0.4 is 5.32 Å². The second-order valence-electron chi connectivity index (χ2n) is 4.95. The lowest BCUT2D eigenvalue weighted by atomic mass is 10.0. The van der Waals surface area contributed by atoms with Crippen molar-refractivity contribution < 1.29 is 15.3 Å². The number of phenols is 3. The Morgan fingerprint density at radius 1 is 1.00 bits per heavy atom. The van der Waals surface area contributed by atoms with E-state index in [2.05, 4.69) is 19.2 Å². The zero-order valence-electron chi connectivity index (χ0n) is 11.8. The van der Waals surface area contributed by atoms with Gasteiger partial charge in [0, 0.05) is 18.2 Å². The molecule has 1 atom stereocenters. The largest absolute Gasteiger partial charge is 0.504 e. The maximum Gasteiger partial charge on any atom is 0.200 e. The quantitative estimate of drug-likeness (QED) is 0.546. The second-order valence-corrected chi connectivity index (χ2v) is 4.95. The summed E-state index contributed by atoms with van der Waals surface area (Å²) in [6.07, 6.45) is 5.70. The summed E-state index contributed by atoms with van der Waals surface area (Å²) < 4.78 is 0. The summed E-state index contributed by atoms with van der Waals surface area (Å²) >= 11 is 0. The maximum absolute atomic E-state index is 9.75. The molecule has 0 spiro atoms. The number of nitrogens with one attached hydrogen (secondary N) is 1. The van der Waals surface area contributed by atoms with Gasteiger partial charge in [0.1, 0.15) is 0 Å². The van der Waals surface area contributed by atoms with Crippen molar-refractivity contribution in [2.45, 2.75) is 58.5 Å². The Labute approximate surface area is 115 Å². The first-order valence-corrected chi connectivity index (χ1v) is 7.06. The molecule has 19 heavy (non-hydrogen) atoms. The van der Waals surface area contributed by atoms with E-state index in [0.29, 0.717) is 18.2 Å². The average molecular weight is 267 g/mol. The molecule has 0 saturated heterocycles. The molecule has 0 saturated carbocycles. The van der Waals surface area contributed by atoms with Crippen molar-refractivity contribution in [3.63, 3.8) is 0 Å². The molecule has 0 aliphatic carbocycles. The fourth-order valence-corrected chi connectivity index (χ4v) is 2.16. The number of benzene rings is 1. The predicted molar refractivity (Wildman–Crippen MR) is 76.5 cm³/mol. The predicted octanol–water partition coefficient (Wildman–Crippen LogP) is 3.25. The van der Waals surface area contributed by atoms with E-state index in [1.807, 2.05) is 0 Å². The highest BCUT2D eigenvalue weighted by Crippen LogP contribution is 2.36. The molecule has 1 rings (SSSR count). The summed E-state index contributed by atoms with van der Waals surface area (Å²) in [4.78, 5) is 0. The van der Waals surface area contributed by atoms with Crippen LogP contribution >= 0.6 is 0 Å². The first-order chi connectivity index (χ1) is 9.10. The molecule has 108 valence electrons. The normalized spacial score (nSPS) is 12.5. The number of aromatic hydroxyl groups is 3. The molecule has 0 aliphatic rings. The highest BCUT2D eigenvalue weighted by atomic mass is 16.3. The van der Waals surface area contributed by atoms with Gasteiger partial charge in [-0.2, -0.15) is 0 Å². The van der Waals surface area contributed by atoms with Gasteiger partial charge in [0.05, 0.1) is 0 Å². The van der Waals surface area contributed by atoms with Crippen molar-refractivity contribution in [3.05, 3.63) is 17.7 Å². The van der Waals surface area contributed by atoms with Crippen molar-refractivity contribution in [1.82, 2.24) is 5.32 Å². The Balaban J connectivity index is 2.61. The molecule has 0 aliphatic heterocycles. The van der Waals surface area contributed by atoms with Crippen molar-refractivity contribution in [1.29, 1.82) is 0 Å². The van der Waals surface area contributed by atoms with Gasteiger partial charge in [0.25, 0.3) is 0 Å². The van der Waals surface area contributed by atoms with Gasteiger partial charge in [-0.25, -0.2) is 0 Å². The minimum atomic E-state index is -0.445. The van der Waals surface area contributed by atoms with Gasteiger partial charge in [-0.15, -0.1) is 0 Å². The minimum absolute atomic E-state index is 0.238. The van der Waals surface area contributed by atoms with Gasteiger partial charge >= 0.3 is 0 Å². The zero-order valence-corrected chi connectivity index (χ0v) is 11.8. The van der Waals surface area contributed by atoms with Crippen molar-refractivity contribution in [2.24, 2.45) is 0 Å². The molecule has 1 aromatic rings. The van der Waals surface area contributed by atoms with E-state index < -0.39 is 5.75 Å². The lowest BCUT2D eigenvalue weighted by molar-refractivity contribution is 0.361. The molecule has 0 fully saturated rings. The van der Waals surface area contributed by atoms with Crippen LogP contribution in [0.25, 0.3) is 0 Å². The Bertz CT molecular complexity index is 393. The number of unbranched alkanes of at least 4 members (excludes halogenated alkanes) is 1. The van der Waals surface area contributed by atoms with Gasteiger partial charge in [-0.1, -0.05) is 39.2 Å². The summed E-state index contributed by atoms with van der Waals surface area (Å²) in [6.45, 7) is 4.82. The van der Waals surface area contributed by atoms with Crippen LogP contribution in [0.4, 0.5) is 0 Å². The van der Waals surface area contributed by atoms with Crippen LogP contribution in [-0.4, -0.2) is 21.4 Å². The third kappa shape index (κ3) is 4.63. The lowest BCUT2D eigenvalue weighted by Gasteiger charge is -2.18. The lowest BCUT2D eigenvalue weighted by Crippen LogP contribution is -2.28. The highest BCUT2D eigenvalue weighted by molar-refractivity contribution is 5.52. The number of hydrogen-bond acceptors (Lipinski definition) is 4. The minimum Gasteiger partial charge on any atom is -0.504 e. The third-order valence-corrected chi connectivity index (χ3v) is 3.34. The summed E-state index contributed by atoms with van der Waals surface area (Å²) in [5.74, 6) is -0.976. The van der Waals surface area contributed by atoms with E-state index in [4.69, 9.17) is 0 Å². The summed E-state index contributed by atoms with van der Waals surface area (Å²) in [5, 5.41) is 31.9. The first kappa shape index (κ1) is 15.6. The third-order valence-electron chi connectivity index (χ3n) is 3.34. The van der Waals surface area contributed by atoms with Crippen LogP contribution in [0.5, 0.6) is 17.2 Å². The van der Waals surface area contributed by atoms with Crippen LogP contribution in [0, 0.1) is 0 Å². The fourth-order valence-electron chi connectivity index (χ4n) is 2.16. The molecule has 1 aromatic carbocycles. The molecule has 4 nitrogen and oxygen atoms in total. The monoisotopic (exact) mass is 267 g/mol. The Hall–Kier alpha value is -1.42. The topological polar surface area (TPSA) is 72.7 Å². The summed E-state index contributed by atoms with van der Waals surface area (Å²) in [7, 11) is 0. The van der Waals surface area contributed by atoms with E-state index in [1.165, 1.54) is 18.9 Å². The second kappa shape index (κ2) is 7.89. The number of rotatable bonds is 8. The molecule has 1 unspecified atom stereocenters. The molecule has 0 amide bonds. The van der Waals surface area contributed by atoms with Crippen LogP contribution in [-0.2, 0) is 6.54 Å². The van der Waals surface area contributed by atoms with Crippen LogP contribution in [0.3, 0.4) is 0 Å². The Morgan fingerprint density at radius 2 is 1.74 bits per heavy atom. The summed E-state index contributed by atoms with van der Waals surface area (Å²) in [6, 6.07) is 3.45. The molecule has 4 N–H and O–H groups in total. The average Bonchev–Trinajstić information content (AvgIpc) is 2.41. The van der Waals surface area contributed by atoms with E-state index in [-0.39, 0.29) is 11.5 Å². The summed E-state index contributed by atoms with van der Waals surface area (Å²) in [5.41, 5.74) is 0.605. The van der Waals surface area contributed by atoms with E-state index in [9.17, 15) is 15.3 Å². The molecular weight excluding hydrogens is 242 g/mol. The van der Waals surface area contributed by atoms with E-state index >= 15 is 0 Å². The zero-order chi connectivity index (χ0) is 14.3. The molecule has 0 radical (unpaired) electrons.